The molecule has 4 nitrogen and oxygen atoms in total. The van der Waals surface area contributed by atoms with Crippen molar-refractivity contribution in [1.29, 1.82) is 0 Å². The topological polar surface area (TPSA) is 59.2 Å². The number of fused-ring (bicyclic) bond motifs is 1. The van der Waals surface area contributed by atoms with Gasteiger partial charge in [-0.2, -0.15) is 0 Å². The van der Waals surface area contributed by atoms with E-state index in [1.54, 1.807) is 11.3 Å². The summed E-state index contributed by atoms with van der Waals surface area (Å²) in [5.74, 6) is 0.264. The number of para-hydroxylation sites is 1. The normalized spacial score (nSPS) is 22.2. The molecule has 1 aromatic carbocycles. The molecule has 118 valence electrons. The van der Waals surface area contributed by atoms with Crippen LogP contribution in [0.1, 0.15) is 37.6 Å². The molecule has 1 amide bonds. The smallest absolute Gasteiger partial charge is 0.222 e. The average molecular weight is 317 g/mol. The minimum absolute atomic E-state index is 0.252. The van der Waals surface area contributed by atoms with Crippen LogP contribution < -0.4 is 5.73 Å². The van der Waals surface area contributed by atoms with Crippen LogP contribution in [0.4, 0.5) is 0 Å². The highest BCUT2D eigenvalue weighted by Crippen LogP contribution is 2.23. The van der Waals surface area contributed by atoms with Crippen LogP contribution in [0.5, 0.6) is 0 Å². The van der Waals surface area contributed by atoms with E-state index in [9.17, 15) is 4.79 Å². The molecule has 1 aromatic heterocycles. The zero-order valence-electron chi connectivity index (χ0n) is 13.0. The van der Waals surface area contributed by atoms with Crippen LogP contribution in [0.3, 0.4) is 0 Å². The minimum atomic E-state index is 0.252. The molecule has 2 heterocycles. The van der Waals surface area contributed by atoms with Crippen molar-refractivity contribution < 1.29 is 4.79 Å². The summed E-state index contributed by atoms with van der Waals surface area (Å²) in [4.78, 5) is 19.0. The van der Waals surface area contributed by atoms with Crippen LogP contribution in [0.2, 0.25) is 0 Å². The summed E-state index contributed by atoms with van der Waals surface area (Å²) in [5.41, 5.74) is 7.02. The SMILES string of the molecule is C[C@H]1C[C@H](N)CCN1C(=O)CCCc1nc2ccccc2s1. The van der Waals surface area contributed by atoms with Gasteiger partial charge in [-0.05, 0) is 44.7 Å². The average Bonchev–Trinajstić information content (AvgIpc) is 2.89. The summed E-state index contributed by atoms with van der Waals surface area (Å²) in [5, 5.41) is 1.13. The molecule has 0 radical (unpaired) electrons. The number of carbonyl (C=O) groups excluding carboxylic acids is 1. The van der Waals surface area contributed by atoms with Crippen LogP contribution >= 0.6 is 11.3 Å². The van der Waals surface area contributed by atoms with Crippen molar-refractivity contribution in [2.24, 2.45) is 5.73 Å². The van der Waals surface area contributed by atoms with Crippen LogP contribution in [0.15, 0.2) is 24.3 Å². The third kappa shape index (κ3) is 3.47. The number of hydrogen-bond acceptors (Lipinski definition) is 4. The zero-order chi connectivity index (χ0) is 15.5. The summed E-state index contributed by atoms with van der Waals surface area (Å²) in [6.45, 7) is 2.91. The fraction of sp³-hybridized carbons (Fsp3) is 0.529. The fourth-order valence-electron chi connectivity index (χ4n) is 3.14. The van der Waals surface area contributed by atoms with Crippen molar-refractivity contribution in [3.05, 3.63) is 29.3 Å². The van der Waals surface area contributed by atoms with E-state index in [1.165, 1.54) is 4.70 Å². The van der Waals surface area contributed by atoms with Gasteiger partial charge in [0, 0.05) is 25.0 Å². The van der Waals surface area contributed by atoms with Crippen molar-refractivity contribution in [1.82, 2.24) is 9.88 Å². The second kappa shape index (κ2) is 6.75. The number of amides is 1. The van der Waals surface area contributed by atoms with Crippen molar-refractivity contribution in [2.45, 2.75) is 51.1 Å². The Morgan fingerprint density at radius 2 is 2.27 bits per heavy atom. The van der Waals surface area contributed by atoms with E-state index < -0.39 is 0 Å². The van der Waals surface area contributed by atoms with Gasteiger partial charge in [0.15, 0.2) is 0 Å². The Balaban J connectivity index is 1.51. The quantitative estimate of drug-likeness (QED) is 0.943. The van der Waals surface area contributed by atoms with Gasteiger partial charge in [-0.25, -0.2) is 4.98 Å². The number of aromatic nitrogens is 1. The lowest BCUT2D eigenvalue weighted by atomic mass is 9.98. The molecular weight excluding hydrogens is 294 g/mol. The molecule has 1 saturated heterocycles. The molecule has 1 fully saturated rings. The number of benzene rings is 1. The first kappa shape index (κ1) is 15.4. The predicted octanol–water partition coefficient (Wildman–Crippen LogP) is 2.96. The summed E-state index contributed by atoms with van der Waals surface area (Å²) >= 11 is 1.73. The van der Waals surface area contributed by atoms with E-state index in [4.69, 9.17) is 5.73 Å². The van der Waals surface area contributed by atoms with Gasteiger partial charge in [-0.15, -0.1) is 11.3 Å². The highest BCUT2D eigenvalue weighted by molar-refractivity contribution is 7.18. The van der Waals surface area contributed by atoms with Crippen LogP contribution in [0.25, 0.3) is 10.2 Å². The third-order valence-corrected chi connectivity index (χ3v) is 5.45. The molecule has 1 aliphatic heterocycles. The van der Waals surface area contributed by atoms with E-state index >= 15 is 0 Å². The van der Waals surface area contributed by atoms with Gasteiger partial charge in [0.05, 0.1) is 15.2 Å². The number of carbonyl (C=O) groups is 1. The first-order valence-corrected chi connectivity index (χ1v) is 8.84. The van der Waals surface area contributed by atoms with Crippen molar-refractivity contribution >= 4 is 27.5 Å². The van der Waals surface area contributed by atoms with E-state index in [1.807, 2.05) is 23.1 Å². The molecule has 0 bridgehead atoms. The van der Waals surface area contributed by atoms with Gasteiger partial charge < -0.3 is 10.6 Å². The second-order valence-electron chi connectivity index (χ2n) is 6.15. The Labute approximate surface area is 135 Å². The third-order valence-electron chi connectivity index (χ3n) is 4.36. The highest BCUT2D eigenvalue weighted by atomic mass is 32.1. The maximum Gasteiger partial charge on any atom is 0.222 e. The first-order valence-electron chi connectivity index (χ1n) is 8.03. The van der Waals surface area contributed by atoms with Crippen LogP contribution in [-0.2, 0) is 11.2 Å². The molecule has 0 aliphatic carbocycles. The number of thiazole rings is 1. The number of hydrogen-bond donors (Lipinski definition) is 1. The molecule has 0 saturated carbocycles. The van der Waals surface area contributed by atoms with Gasteiger partial charge in [-0.1, -0.05) is 12.1 Å². The summed E-state index contributed by atoms with van der Waals surface area (Å²) in [6.07, 6.45) is 4.20. The first-order chi connectivity index (χ1) is 10.6. The van der Waals surface area contributed by atoms with Gasteiger partial charge in [0.1, 0.15) is 0 Å². The molecule has 1 aliphatic rings. The molecule has 22 heavy (non-hydrogen) atoms. The van der Waals surface area contributed by atoms with Crippen LogP contribution in [-0.4, -0.2) is 34.4 Å². The van der Waals surface area contributed by atoms with E-state index in [0.29, 0.717) is 6.42 Å². The molecule has 3 rings (SSSR count). The Hall–Kier alpha value is -1.46. The lowest BCUT2D eigenvalue weighted by molar-refractivity contribution is -0.134. The zero-order valence-corrected chi connectivity index (χ0v) is 13.8. The Morgan fingerprint density at radius 3 is 3.05 bits per heavy atom. The molecule has 0 unspecified atom stereocenters. The number of likely N-dealkylation sites (tertiary alicyclic amines) is 1. The molecule has 2 atom stereocenters. The van der Waals surface area contributed by atoms with Gasteiger partial charge >= 0.3 is 0 Å². The number of rotatable bonds is 4. The van der Waals surface area contributed by atoms with Gasteiger partial charge in [0.25, 0.3) is 0 Å². The maximum atomic E-state index is 12.3. The lowest BCUT2D eigenvalue weighted by Crippen LogP contribution is -2.48. The summed E-state index contributed by atoms with van der Waals surface area (Å²) in [6, 6.07) is 8.72. The number of piperidine rings is 1. The van der Waals surface area contributed by atoms with E-state index in [2.05, 4.69) is 18.0 Å². The fourth-order valence-corrected chi connectivity index (χ4v) is 4.15. The number of nitrogens with zero attached hydrogens (tertiary/aromatic N) is 2. The van der Waals surface area contributed by atoms with E-state index in [-0.39, 0.29) is 18.0 Å². The predicted molar refractivity (Wildman–Crippen MR) is 90.9 cm³/mol. The molecule has 2 aromatic rings. The Kier molecular flexibility index (Phi) is 4.74. The molecule has 5 heteroatoms. The monoisotopic (exact) mass is 317 g/mol. The van der Waals surface area contributed by atoms with Gasteiger partial charge in [0.2, 0.25) is 5.91 Å². The number of aryl methyl sites for hydroxylation is 1. The van der Waals surface area contributed by atoms with Crippen molar-refractivity contribution in [3.8, 4) is 0 Å². The summed E-state index contributed by atoms with van der Waals surface area (Å²) in [7, 11) is 0. The minimum Gasteiger partial charge on any atom is -0.340 e. The standard InChI is InChI=1S/C17H23N3OS/c1-12-11-13(18)9-10-20(12)17(21)8-4-7-16-19-14-5-2-3-6-15(14)22-16/h2-3,5-6,12-13H,4,7-11,18H2,1H3/t12-,13+/m0/s1. The molecule has 0 spiro atoms. The Morgan fingerprint density at radius 1 is 1.45 bits per heavy atom. The Bertz CT molecular complexity index is 621. The number of nitrogens with two attached hydrogens (primary N) is 1. The maximum absolute atomic E-state index is 12.3. The van der Waals surface area contributed by atoms with Crippen LogP contribution in [0, 0.1) is 0 Å². The van der Waals surface area contributed by atoms with Crippen molar-refractivity contribution in [2.75, 3.05) is 6.54 Å². The largest absolute Gasteiger partial charge is 0.340 e. The lowest BCUT2D eigenvalue weighted by Gasteiger charge is -2.36. The highest BCUT2D eigenvalue weighted by Gasteiger charge is 2.26. The van der Waals surface area contributed by atoms with Crippen molar-refractivity contribution in [3.63, 3.8) is 0 Å². The summed E-state index contributed by atoms with van der Waals surface area (Å²) < 4.78 is 1.22. The van der Waals surface area contributed by atoms with E-state index in [0.717, 1.165) is 42.8 Å². The molecular formula is C17H23N3OS. The molecule has 2 N–H and O–H groups in total. The van der Waals surface area contributed by atoms with Gasteiger partial charge in [-0.3, -0.25) is 4.79 Å². The second-order valence-corrected chi connectivity index (χ2v) is 7.26.